The van der Waals surface area contributed by atoms with Crippen molar-refractivity contribution in [3.63, 3.8) is 0 Å². The van der Waals surface area contributed by atoms with Gasteiger partial charge in [-0.3, -0.25) is 14.3 Å². The average Bonchev–Trinajstić information content (AvgIpc) is 3.31. The number of benzene rings is 2. The van der Waals surface area contributed by atoms with Crippen LogP contribution in [0.3, 0.4) is 0 Å². The number of imide groups is 1. The lowest BCUT2D eigenvalue weighted by molar-refractivity contribution is -0.121. The summed E-state index contributed by atoms with van der Waals surface area (Å²) in [6.45, 7) is 0. The van der Waals surface area contributed by atoms with Gasteiger partial charge in [0, 0.05) is 17.3 Å². The molecule has 1 fully saturated rings. The van der Waals surface area contributed by atoms with Gasteiger partial charge in [0.1, 0.15) is 11.9 Å². The molecule has 30 heavy (non-hydrogen) atoms. The molecule has 2 heterocycles. The number of anilines is 3. The highest BCUT2D eigenvalue weighted by Gasteiger charge is 2.39. The van der Waals surface area contributed by atoms with E-state index in [9.17, 15) is 22.4 Å². The molecule has 0 radical (unpaired) electrons. The van der Waals surface area contributed by atoms with Crippen molar-refractivity contribution in [2.24, 2.45) is 0 Å². The first kappa shape index (κ1) is 20.0. The molecule has 2 N–H and O–H groups in total. The molecule has 0 bridgehead atoms. The number of carbonyl (C=O) groups excluding carboxylic acids is 2. The van der Waals surface area contributed by atoms with Crippen LogP contribution in [-0.4, -0.2) is 31.3 Å². The summed E-state index contributed by atoms with van der Waals surface area (Å²) in [4.78, 5) is 29.9. The maximum atomic E-state index is 13.1. The van der Waals surface area contributed by atoms with E-state index in [0.717, 1.165) is 16.2 Å². The molecule has 1 aliphatic heterocycles. The van der Waals surface area contributed by atoms with Crippen molar-refractivity contribution in [3.05, 3.63) is 65.9 Å². The largest absolute Gasteiger partial charge is 0.373 e. The highest BCUT2D eigenvalue weighted by Crippen LogP contribution is 2.26. The Morgan fingerprint density at radius 3 is 2.40 bits per heavy atom. The van der Waals surface area contributed by atoms with Crippen LogP contribution in [-0.2, 0) is 19.6 Å². The maximum absolute atomic E-state index is 13.1. The van der Waals surface area contributed by atoms with E-state index in [0.29, 0.717) is 11.4 Å². The van der Waals surface area contributed by atoms with Crippen LogP contribution in [0.1, 0.15) is 6.42 Å². The number of amides is 2. The van der Waals surface area contributed by atoms with Gasteiger partial charge < -0.3 is 5.32 Å². The molecule has 2 amide bonds. The first-order valence-corrected chi connectivity index (χ1v) is 11.1. The van der Waals surface area contributed by atoms with Crippen LogP contribution in [0.5, 0.6) is 0 Å². The van der Waals surface area contributed by atoms with Crippen molar-refractivity contribution in [1.82, 2.24) is 4.98 Å². The number of halogens is 1. The molecule has 1 aromatic heterocycles. The monoisotopic (exact) mass is 446 g/mol. The Labute approximate surface area is 175 Å². The fraction of sp³-hybridized carbons (Fsp3) is 0.105. The van der Waals surface area contributed by atoms with Gasteiger partial charge >= 0.3 is 0 Å². The van der Waals surface area contributed by atoms with E-state index >= 15 is 0 Å². The van der Waals surface area contributed by atoms with Crippen molar-refractivity contribution in [1.29, 1.82) is 0 Å². The number of nitrogens with zero attached hydrogens (tertiary/aromatic N) is 2. The second-order valence-electron chi connectivity index (χ2n) is 6.41. The van der Waals surface area contributed by atoms with Gasteiger partial charge in [0.05, 0.1) is 17.0 Å². The van der Waals surface area contributed by atoms with E-state index in [1.807, 2.05) is 0 Å². The Balaban J connectivity index is 1.46. The zero-order valence-electron chi connectivity index (χ0n) is 15.3. The van der Waals surface area contributed by atoms with Crippen LogP contribution in [0.25, 0.3) is 0 Å². The Bertz CT molecular complexity index is 1180. The molecule has 2 aromatic carbocycles. The zero-order chi connectivity index (χ0) is 21.3. The summed E-state index contributed by atoms with van der Waals surface area (Å²) >= 11 is 1.16. The molecule has 1 atom stereocenters. The molecule has 1 aliphatic rings. The predicted octanol–water partition coefficient (Wildman–Crippen LogP) is 2.83. The molecule has 3 aromatic rings. The Kier molecular flexibility index (Phi) is 5.22. The number of aromatic nitrogens is 1. The molecule has 0 saturated carbocycles. The third-order valence-corrected chi connectivity index (χ3v) is 6.56. The standard InChI is InChI=1S/C19H15FN4O4S2/c20-12-1-5-14(6-2-12)24-17(25)11-16(18(24)26)22-13-3-7-15(8-4-13)30(27,28)23-19-21-9-10-29-19/h1-10,16,22H,11H2,(H,21,23). The minimum absolute atomic E-state index is 0.0324. The molecule has 1 saturated heterocycles. The Hall–Kier alpha value is -3.31. The molecule has 8 nitrogen and oxygen atoms in total. The number of hydrogen-bond acceptors (Lipinski definition) is 7. The summed E-state index contributed by atoms with van der Waals surface area (Å²) in [5.41, 5.74) is 0.778. The number of sulfonamides is 1. The topological polar surface area (TPSA) is 108 Å². The summed E-state index contributed by atoms with van der Waals surface area (Å²) in [5, 5.41) is 4.86. The van der Waals surface area contributed by atoms with E-state index in [4.69, 9.17) is 0 Å². The number of hydrogen-bond donors (Lipinski definition) is 2. The molecule has 4 rings (SSSR count). The normalized spacial score (nSPS) is 16.7. The van der Waals surface area contributed by atoms with Gasteiger partial charge in [0.2, 0.25) is 5.91 Å². The fourth-order valence-corrected chi connectivity index (χ4v) is 4.77. The molecule has 0 aliphatic carbocycles. The molecule has 0 spiro atoms. The number of nitrogens with one attached hydrogen (secondary N) is 2. The van der Waals surface area contributed by atoms with Crippen LogP contribution in [0.4, 0.5) is 20.9 Å². The van der Waals surface area contributed by atoms with Crippen molar-refractivity contribution in [2.75, 3.05) is 14.9 Å². The zero-order valence-corrected chi connectivity index (χ0v) is 16.9. The average molecular weight is 446 g/mol. The lowest BCUT2D eigenvalue weighted by Crippen LogP contribution is -2.34. The molecular formula is C19H15FN4O4S2. The SMILES string of the molecule is O=C1CC(Nc2ccc(S(=O)(=O)Nc3nccs3)cc2)C(=O)N1c1ccc(F)cc1. The second-order valence-corrected chi connectivity index (χ2v) is 8.99. The van der Waals surface area contributed by atoms with Crippen molar-refractivity contribution < 1.29 is 22.4 Å². The van der Waals surface area contributed by atoms with E-state index < -0.39 is 33.7 Å². The van der Waals surface area contributed by atoms with Crippen molar-refractivity contribution in [3.8, 4) is 0 Å². The molecule has 11 heteroatoms. The van der Waals surface area contributed by atoms with E-state index in [2.05, 4.69) is 15.0 Å². The lowest BCUT2D eigenvalue weighted by atomic mass is 10.2. The van der Waals surface area contributed by atoms with Gasteiger partial charge in [-0.25, -0.2) is 22.7 Å². The molecular weight excluding hydrogens is 431 g/mol. The lowest BCUT2D eigenvalue weighted by Gasteiger charge is -2.16. The van der Waals surface area contributed by atoms with E-state index in [-0.39, 0.29) is 16.4 Å². The van der Waals surface area contributed by atoms with Crippen LogP contribution >= 0.6 is 11.3 Å². The number of thiazole rings is 1. The minimum Gasteiger partial charge on any atom is -0.373 e. The number of carbonyl (C=O) groups is 2. The third kappa shape index (κ3) is 4.02. The first-order chi connectivity index (χ1) is 14.3. The maximum Gasteiger partial charge on any atom is 0.263 e. The first-order valence-electron chi connectivity index (χ1n) is 8.75. The highest BCUT2D eigenvalue weighted by atomic mass is 32.2. The van der Waals surface area contributed by atoms with Gasteiger partial charge in [-0.1, -0.05) is 0 Å². The van der Waals surface area contributed by atoms with E-state index in [1.54, 1.807) is 5.38 Å². The number of rotatable bonds is 6. The second kappa shape index (κ2) is 7.84. The van der Waals surface area contributed by atoms with Gasteiger partial charge in [0.25, 0.3) is 15.9 Å². The Morgan fingerprint density at radius 1 is 1.07 bits per heavy atom. The van der Waals surface area contributed by atoms with Gasteiger partial charge in [-0.15, -0.1) is 11.3 Å². The van der Waals surface area contributed by atoms with Crippen molar-refractivity contribution in [2.45, 2.75) is 17.4 Å². The van der Waals surface area contributed by atoms with Crippen molar-refractivity contribution >= 4 is 49.7 Å². The van der Waals surface area contributed by atoms with Crippen LogP contribution in [0, 0.1) is 5.82 Å². The fourth-order valence-electron chi connectivity index (χ4n) is 2.99. The predicted molar refractivity (Wildman–Crippen MR) is 110 cm³/mol. The molecule has 1 unspecified atom stereocenters. The minimum atomic E-state index is -3.78. The van der Waals surface area contributed by atoms with Gasteiger partial charge in [0.15, 0.2) is 5.13 Å². The van der Waals surface area contributed by atoms with Gasteiger partial charge in [-0.05, 0) is 48.5 Å². The smallest absolute Gasteiger partial charge is 0.263 e. The van der Waals surface area contributed by atoms with Crippen LogP contribution in [0.2, 0.25) is 0 Å². The quantitative estimate of drug-likeness (QED) is 0.564. The van der Waals surface area contributed by atoms with Crippen LogP contribution < -0.4 is 14.9 Å². The molecule has 154 valence electrons. The van der Waals surface area contributed by atoms with Crippen LogP contribution in [0.15, 0.2) is 65.0 Å². The summed E-state index contributed by atoms with van der Waals surface area (Å²) < 4.78 is 40.2. The van der Waals surface area contributed by atoms with Gasteiger partial charge in [-0.2, -0.15) is 0 Å². The summed E-state index contributed by atoms with van der Waals surface area (Å²) in [6, 6.07) is 10.1. The summed E-state index contributed by atoms with van der Waals surface area (Å²) in [7, 11) is -3.78. The summed E-state index contributed by atoms with van der Waals surface area (Å²) in [6.07, 6.45) is 1.42. The third-order valence-electron chi connectivity index (χ3n) is 4.39. The summed E-state index contributed by atoms with van der Waals surface area (Å²) in [5.74, 6) is -1.34. The highest BCUT2D eigenvalue weighted by molar-refractivity contribution is 7.93. The van der Waals surface area contributed by atoms with E-state index in [1.165, 1.54) is 54.7 Å². The Morgan fingerprint density at radius 2 is 1.77 bits per heavy atom.